The van der Waals surface area contributed by atoms with Crippen molar-refractivity contribution in [2.45, 2.75) is 76.9 Å². The number of hydrogen-bond donors (Lipinski definition) is 2. The first-order valence-corrected chi connectivity index (χ1v) is 19.8. The van der Waals surface area contributed by atoms with Gasteiger partial charge in [0.1, 0.15) is 17.6 Å². The maximum atomic E-state index is 13.7. The second-order valence-corrected chi connectivity index (χ2v) is 15.3. The number of alkyl carbamates (subject to hydrolysis) is 1. The van der Waals surface area contributed by atoms with E-state index in [0.29, 0.717) is 31.5 Å². The van der Waals surface area contributed by atoms with Gasteiger partial charge in [-0.1, -0.05) is 92.7 Å². The van der Waals surface area contributed by atoms with E-state index in [2.05, 4.69) is 15.3 Å². The number of likely N-dealkylation sites (tertiary alicyclic amines) is 2. The summed E-state index contributed by atoms with van der Waals surface area (Å²) in [4.78, 5) is 89.3. The number of ketones is 2. The first kappa shape index (κ1) is 41.5. The molecule has 0 radical (unpaired) electrons. The molecule has 0 unspecified atom stereocenters. The van der Waals surface area contributed by atoms with Crippen LogP contribution in [0.5, 0.6) is 0 Å². The van der Waals surface area contributed by atoms with Gasteiger partial charge >= 0.3 is 12.1 Å². The molecule has 0 bridgehead atoms. The summed E-state index contributed by atoms with van der Waals surface area (Å²) in [6, 6.07) is 22.5. The van der Waals surface area contributed by atoms with Crippen LogP contribution in [-0.2, 0) is 39.9 Å². The highest BCUT2D eigenvalue weighted by molar-refractivity contribution is 6.04. The number of H-pyrrole nitrogens is 1. The van der Waals surface area contributed by atoms with E-state index >= 15 is 0 Å². The summed E-state index contributed by atoms with van der Waals surface area (Å²) in [7, 11) is 2.56. The van der Waals surface area contributed by atoms with Crippen molar-refractivity contribution in [3.8, 4) is 22.4 Å². The quantitative estimate of drug-likeness (QED) is 0.102. The molecule has 3 aromatic carbocycles. The normalized spacial score (nSPS) is 17.5. The molecule has 4 atom stereocenters. The Labute approximate surface area is 338 Å². The SMILES string of the molecule is COC(=O)C[C@H](C(=O)N1CCC[C@H]1c1ncc(-c2ccc(-c3ccc(CC(=O)CC(=O)[C@@H]4CCCN4C(=O)[C@H](NC(=O)OC)c4ccccc4)cc3)cc2)[nH]1)C(C)C. The lowest BCUT2D eigenvalue weighted by Crippen LogP contribution is -2.47. The van der Waals surface area contributed by atoms with Crippen LogP contribution < -0.4 is 5.32 Å². The van der Waals surface area contributed by atoms with Gasteiger partial charge < -0.3 is 29.6 Å². The number of carbonyl (C=O) groups excluding carboxylic acids is 6. The van der Waals surface area contributed by atoms with Crippen molar-refractivity contribution in [2.75, 3.05) is 27.3 Å². The van der Waals surface area contributed by atoms with E-state index < -0.39 is 36.0 Å². The van der Waals surface area contributed by atoms with Crippen LogP contribution in [0.4, 0.5) is 4.79 Å². The molecule has 0 aliphatic carbocycles. The number of imidazole rings is 1. The van der Waals surface area contributed by atoms with Gasteiger partial charge in [0.25, 0.3) is 5.91 Å². The topological polar surface area (TPSA) is 168 Å². The maximum Gasteiger partial charge on any atom is 0.407 e. The fourth-order valence-corrected chi connectivity index (χ4v) is 7.95. The number of nitrogens with zero attached hydrogens (tertiary/aromatic N) is 3. The lowest BCUT2D eigenvalue weighted by Gasteiger charge is -2.29. The summed E-state index contributed by atoms with van der Waals surface area (Å²) in [5, 5.41) is 2.59. The molecule has 13 heteroatoms. The summed E-state index contributed by atoms with van der Waals surface area (Å²) in [6.07, 6.45) is 3.56. The number of hydrogen-bond acceptors (Lipinski definition) is 9. The van der Waals surface area contributed by atoms with E-state index in [1.54, 1.807) is 36.5 Å². The van der Waals surface area contributed by atoms with Gasteiger partial charge in [0.15, 0.2) is 5.78 Å². The van der Waals surface area contributed by atoms with E-state index in [4.69, 9.17) is 9.47 Å². The molecule has 0 spiro atoms. The van der Waals surface area contributed by atoms with Crippen molar-refractivity contribution in [1.29, 1.82) is 0 Å². The second kappa shape index (κ2) is 18.9. The highest BCUT2D eigenvalue weighted by atomic mass is 16.5. The van der Waals surface area contributed by atoms with Crippen LogP contribution >= 0.6 is 0 Å². The predicted octanol–water partition coefficient (Wildman–Crippen LogP) is 6.40. The van der Waals surface area contributed by atoms with E-state index in [-0.39, 0.29) is 48.7 Å². The van der Waals surface area contributed by atoms with E-state index in [0.717, 1.165) is 46.6 Å². The lowest BCUT2D eigenvalue weighted by molar-refractivity contribution is -0.148. The molecule has 13 nitrogen and oxygen atoms in total. The Hall–Kier alpha value is -6.11. The third-order valence-corrected chi connectivity index (χ3v) is 11.2. The zero-order chi connectivity index (χ0) is 41.3. The van der Waals surface area contributed by atoms with Gasteiger partial charge in [0.05, 0.1) is 57.0 Å². The number of aromatic nitrogens is 2. The zero-order valence-corrected chi connectivity index (χ0v) is 33.4. The third-order valence-electron chi connectivity index (χ3n) is 11.2. The number of methoxy groups -OCH3 is 2. The van der Waals surface area contributed by atoms with E-state index in [9.17, 15) is 28.8 Å². The fourth-order valence-electron chi connectivity index (χ4n) is 7.95. The average molecular weight is 790 g/mol. The average Bonchev–Trinajstić information content (AvgIpc) is 4.04. The van der Waals surface area contributed by atoms with Gasteiger partial charge in [0, 0.05) is 19.5 Å². The van der Waals surface area contributed by atoms with Crippen molar-refractivity contribution in [3.63, 3.8) is 0 Å². The number of benzene rings is 3. The largest absolute Gasteiger partial charge is 0.469 e. The summed E-state index contributed by atoms with van der Waals surface area (Å²) in [5.74, 6) is -1.17. The molecule has 2 aliphatic heterocycles. The molecular weight excluding hydrogens is 739 g/mol. The Morgan fingerprint density at radius 1 is 0.793 bits per heavy atom. The standard InChI is InChI=1S/C45H51N5O8/c1-28(2)35(26-40(53)57-3)43(54)50-23-9-13-38(50)42-46-27-36(47-42)32-20-18-31(19-21-32)30-16-14-29(15-17-30)24-34(51)25-39(52)37-12-8-22-49(37)44(55)41(48-45(56)58-4)33-10-6-5-7-11-33/h5-7,10-11,14-21,27-28,35,37-38,41H,8-9,12-13,22-26H2,1-4H3,(H,46,47)(H,48,56)/t35-,37-,38-,41+/m0/s1. The highest BCUT2D eigenvalue weighted by Crippen LogP contribution is 2.35. The van der Waals surface area contributed by atoms with Gasteiger partial charge in [0.2, 0.25) is 5.91 Å². The summed E-state index contributed by atoms with van der Waals surface area (Å²) in [5.41, 5.74) is 5.06. The van der Waals surface area contributed by atoms with Gasteiger partial charge in [-0.05, 0) is 59.4 Å². The molecule has 304 valence electrons. The molecule has 2 aliphatic rings. The molecule has 1 aromatic heterocycles. The van der Waals surface area contributed by atoms with Crippen LogP contribution in [0.3, 0.4) is 0 Å². The molecule has 4 aromatic rings. The van der Waals surface area contributed by atoms with E-state index in [1.807, 2.05) is 67.3 Å². The van der Waals surface area contributed by atoms with Crippen LogP contribution in [-0.4, -0.2) is 88.6 Å². The Morgan fingerprint density at radius 3 is 2.09 bits per heavy atom. The highest BCUT2D eigenvalue weighted by Gasteiger charge is 2.39. The summed E-state index contributed by atoms with van der Waals surface area (Å²) >= 11 is 0. The Morgan fingerprint density at radius 2 is 1.43 bits per heavy atom. The van der Waals surface area contributed by atoms with E-state index in [1.165, 1.54) is 19.1 Å². The number of esters is 1. The number of rotatable bonds is 15. The van der Waals surface area contributed by atoms with Gasteiger partial charge in [-0.15, -0.1) is 0 Å². The summed E-state index contributed by atoms with van der Waals surface area (Å²) in [6.45, 7) is 4.85. The Balaban J connectivity index is 1.04. The molecular formula is C45H51N5O8. The minimum Gasteiger partial charge on any atom is -0.469 e. The Bertz CT molecular complexity index is 2100. The molecule has 3 heterocycles. The lowest BCUT2D eigenvalue weighted by atomic mass is 9.91. The minimum atomic E-state index is -1.03. The molecule has 0 saturated carbocycles. The molecule has 2 N–H and O–H groups in total. The summed E-state index contributed by atoms with van der Waals surface area (Å²) < 4.78 is 9.59. The first-order chi connectivity index (χ1) is 28.0. The molecule has 2 fully saturated rings. The Kier molecular flexibility index (Phi) is 13.5. The second-order valence-electron chi connectivity index (χ2n) is 15.3. The molecule has 2 saturated heterocycles. The van der Waals surface area contributed by atoms with Crippen LogP contribution in [0.1, 0.15) is 81.4 Å². The van der Waals surface area contributed by atoms with Crippen molar-refractivity contribution in [1.82, 2.24) is 25.1 Å². The van der Waals surface area contributed by atoms with Crippen molar-refractivity contribution in [3.05, 3.63) is 102 Å². The fraction of sp³-hybridized carbons (Fsp3) is 0.400. The smallest absolute Gasteiger partial charge is 0.407 e. The maximum absolute atomic E-state index is 13.7. The van der Waals surface area contributed by atoms with Crippen LogP contribution in [0, 0.1) is 11.8 Å². The molecule has 6 rings (SSSR count). The van der Waals surface area contributed by atoms with Crippen LogP contribution in [0.25, 0.3) is 22.4 Å². The number of carbonyl (C=O) groups is 6. The zero-order valence-electron chi connectivity index (χ0n) is 33.4. The van der Waals surface area contributed by atoms with Gasteiger partial charge in [-0.2, -0.15) is 0 Å². The molecule has 3 amide bonds. The monoisotopic (exact) mass is 789 g/mol. The van der Waals surface area contributed by atoms with Crippen molar-refractivity contribution < 1.29 is 38.2 Å². The number of ether oxygens (including phenoxy) is 2. The number of nitrogens with one attached hydrogen (secondary N) is 2. The minimum absolute atomic E-state index is 0.0129. The van der Waals surface area contributed by atoms with Crippen LogP contribution in [0.2, 0.25) is 0 Å². The number of amides is 3. The van der Waals surface area contributed by atoms with Crippen molar-refractivity contribution in [2.24, 2.45) is 11.8 Å². The first-order valence-electron chi connectivity index (χ1n) is 19.8. The van der Waals surface area contributed by atoms with Gasteiger partial charge in [-0.25, -0.2) is 9.78 Å². The van der Waals surface area contributed by atoms with Gasteiger partial charge in [-0.3, -0.25) is 24.0 Å². The predicted molar refractivity (Wildman–Crippen MR) is 216 cm³/mol. The molecule has 58 heavy (non-hydrogen) atoms. The van der Waals surface area contributed by atoms with Crippen LogP contribution in [0.15, 0.2) is 85.1 Å². The number of aromatic amines is 1. The number of Topliss-reactive ketones (excluding diaryl/α,β-unsaturated/α-hetero) is 2. The van der Waals surface area contributed by atoms with Crippen molar-refractivity contribution >= 4 is 35.4 Å². The third kappa shape index (κ3) is 9.70.